The van der Waals surface area contributed by atoms with E-state index in [9.17, 15) is 4.21 Å². The maximum absolute atomic E-state index is 10.6. The molecule has 78 valence electrons. The summed E-state index contributed by atoms with van der Waals surface area (Å²) in [4.78, 5) is 0. The SMILES string of the molecule is O=S1OCC(CCCCCCBr)O1. The molecule has 1 fully saturated rings. The number of rotatable bonds is 6. The molecule has 0 aliphatic carbocycles. The topological polar surface area (TPSA) is 35.5 Å². The lowest BCUT2D eigenvalue weighted by atomic mass is 10.1. The third-order valence-corrected chi connectivity index (χ3v) is 3.29. The largest absolute Gasteiger partial charge is 0.305 e. The number of hydrogen-bond donors (Lipinski definition) is 0. The van der Waals surface area contributed by atoms with Gasteiger partial charge in [-0.15, -0.1) is 0 Å². The molecule has 0 saturated carbocycles. The van der Waals surface area contributed by atoms with E-state index in [-0.39, 0.29) is 6.10 Å². The zero-order valence-corrected chi connectivity index (χ0v) is 9.94. The fourth-order valence-corrected chi connectivity index (χ4v) is 2.34. The van der Waals surface area contributed by atoms with Gasteiger partial charge in [0.15, 0.2) is 0 Å². The fraction of sp³-hybridized carbons (Fsp3) is 1.00. The van der Waals surface area contributed by atoms with Crippen LogP contribution in [-0.2, 0) is 19.7 Å². The zero-order valence-electron chi connectivity index (χ0n) is 7.54. The van der Waals surface area contributed by atoms with Crippen molar-refractivity contribution < 1.29 is 12.6 Å². The zero-order chi connectivity index (χ0) is 9.52. The van der Waals surface area contributed by atoms with E-state index in [0.29, 0.717) is 6.61 Å². The monoisotopic (exact) mass is 270 g/mol. The Hall–Kier alpha value is 0.550. The molecule has 0 aromatic heterocycles. The molecule has 1 saturated heterocycles. The molecule has 5 heteroatoms. The molecule has 0 bridgehead atoms. The molecule has 0 aromatic carbocycles. The van der Waals surface area contributed by atoms with Crippen LogP contribution in [-0.4, -0.2) is 22.2 Å². The first-order chi connectivity index (χ1) is 6.33. The van der Waals surface area contributed by atoms with Crippen LogP contribution in [0.4, 0.5) is 0 Å². The summed E-state index contributed by atoms with van der Waals surface area (Å²) in [5.41, 5.74) is 0. The average Bonchev–Trinajstić information content (AvgIpc) is 2.51. The quantitative estimate of drug-likeness (QED) is 0.549. The molecule has 1 heterocycles. The van der Waals surface area contributed by atoms with Crippen LogP contribution in [0, 0.1) is 0 Å². The first-order valence-corrected chi connectivity index (χ1v) is 6.73. The van der Waals surface area contributed by atoms with Crippen LogP contribution in [0.3, 0.4) is 0 Å². The second-order valence-corrected chi connectivity index (χ2v) is 4.73. The maximum Gasteiger partial charge on any atom is 0.305 e. The molecule has 2 atom stereocenters. The standard InChI is InChI=1S/C8H15BrO3S/c9-6-4-2-1-3-5-8-7-11-13(10)12-8/h8H,1-7H2. The van der Waals surface area contributed by atoms with Crippen molar-refractivity contribution in [3.05, 3.63) is 0 Å². The Balaban J connectivity index is 1.91. The predicted octanol–water partition coefficient (Wildman–Crippen LogP) is 2.33. The van der Waals surface area contributed by atoms with Crippen LogP contribution in [0.25, 0.3) is 0 Å². The molecular formula is C8H15BrO3S. The molecule has 0 N–H and O–H groups in total. The van der Waals surface area contributed by atoms with Crippen LogP contribution in [0.1, 0.15) is 32.1 Å². The van der Waals surface area contributed by atoms with E-state index >= 15 is 0 Å². The van der Waals surface area contributed by atoms with Crippen LogP contribution in [0.15, 0.2) is 0 Å². The lowest BCUT2D eigenvalue weighted by Gasteiger charge is -2.04. The van der Waals surface area contributed by atoms with Gasteiger partial charge < -0.3 is 0 Å². The summed E-state index contributed by atoms with van der Waals surface area (Å²) >= 11 is 1.92. The second-order valence-electron chi connectivity index (χ2n) is 3.10. The van der Waals surface area contributed by atoms with Crippen molar-refractivity contribution in [3.63, 3.8) is 0 Å². The predicted molar refractivity (Wildman–Crippen MR) is 55.8 cm³/mol. The van der Waals surface area contributed by atoms with E-state index in [1.54, 1.807) is 0 Å². The Kier molecular flexibility index (Phi) is 6.19. The van der Waals surface area contributed by atoms with Gasteiger partial charge in [0.25, 0.3) is 0 Å². The van der Waals surface area contributed by atoms with Gasteiger partial charge in [0.05, 0.1) is 6.61 Å². The molecule has 2 unspecified atom stereocenters. The summed E-state index contributed by atoms with van der Waals surface area (Å²) in [6.45, 7) is 0.491. The minimum Gasteiger partial charge on any atom is -0.266 e. The third-order valence-electron chi connectivity index (χ3n) is 1.97. The minimum atomic E-state index is -1.47. The highest BCUT2D eigenvalue weighted by atomic mass is 79.9. The van der Waals surface area contributed by atoms with Gasteiger partial charge in [-0.2, -0.15) is 4.21 Å². The molecular weight excluding hydrogens is 256 g/mol. The van der Waals surface area contributed by atoms with Crippen molar-refractivity contribution in [2.24, 2.45) is 0 Å². The van der Waals surface area contributed by atoms with E-state index in [1.165, 1.54) is 19.3 Å². The van der Waals surface area contributed by atoms with Gasteiger partial charge in [-0.05, 0) is 12.8 Å². The summed E-state index contributed by atoms with van der Waals surface area (Å²) in [5, 5.41) is 1.08. The Bertz CT molecular complexity index is 165. The Morgan fingerprint density at radius 3 is 2.69 bits per heavy atom. The lowest BCUT2D eigenvalue weighted by molar-refractivity contribution is 0.222. The van der Waals surface area contributed by atoms with Gasteiger partial charge in [-0.3, -0.25) is 8.37 Å². The second kappa shape index (κ2) is 6.92. The summed E-state index contributed by atoms with van der Waals surface area (Å²) < 4.78 is 20.4. The van der Waals surface area contributed by atoms with Gasteiger partial charge >= 0.3 is 11.4 Å². The summed E-state index contributed by atoms with van der Waals surface area (Å²) in [6, 6.07) is 0. The Labute approximate surface area is 90.2 Å². The van der Waals surface area contributed by atoms with Crippen molar-refractivity contribution in [2.45, 2.75) is 38.2 Å². The van der Waals surface area contributed by atoms with Gasteiger partial charge in [0.1, 0.15) is 6.10 Å². The maximum atomic E-state index is 10.6. The molecule has 3 nitrogen and oxygen atoms in total. The summed E-state index contributed by atoms with van der Waals surface area (Å²) in [7, 11) is 0. The van der Waals surface area contributed by atoms with E-state index < -0.39 is 11.4 Å². The molecule has 0 aromatic rings. The first kappa shape index (κ1) is 11.6. The van der Waals surface area contributed by atoms with Crippen LogP contribution in [0.2, 0.25) is 0 Å². The number of halogens is 1. The number of unbranched alkanes of at least 4 members (excludes halogenated alkanes) is 3. The van der Waals surface area contributed by atoms with Crippen molar-refractivity contribution in [1.82, 2.24) is 0 Å². The molecule has 13 heavy (non-hydrogen) atoms. The summed E-state index contributed by atoms with van der Waals surface area (Å²) in [5.74, 6) is 0. The number of alkyl halides is 1. The molecule has 0 radical (unpaired) electrons. The average molecular weight is 271 g/mol. The lowest BCUT2D eigenvalue weighted by Crippen LogP contribution is -2.08. The van der Waals surface area contributed by atoms with E-state index in [2.05, 4.69) is 15.9 Å². The smallest absolute Gasteiger partial charge is 0.266 e. The van der Waals surface area contributed by atoms with E-state index in [0.717, 1.165) is 18.2 Å². The van der Waals surface area contributed by atoms with Crippen molar-refractivity contribution in [3.8, 4) is 0 Å². The summed E-state index contributed by atoms with van der Waals surface area (Å²) in [6.07, 6.45) is 5.87. The van der Waals surface area contributed by atoms with Gasteiger partial charge in [0, 0.05) is 5.33 Å². The molecule has 0 spiro atoms. The van der Waals surface area contributed by atoms with Crippen LogP contribution in [0.5, 0.6) is 0 Å². The molecule has 0 amide bonds. The third kappa shape index (κ3) is 5.10. The normalized spacial score (nSPS) is 28.1. The van der Waals surface area contributed by atoms with Crippen molar-refractivity contribution in [1.29, 1.82) is 0 Å². The van der Waals surface area contributed by atoms with Crippen molar-refractivity contribution >= 4 is 27.3 Å². The van der Waals surface area contributed by atoms with Gasteiger partial charge in [-0.25, -0.2) is 0 Å². The highest BCUT2D eigenvalue weighted by molar-refractivity contribution is 9.09. The van der Waals surface area contributed by atoms with E-state index in [1.807, 2.05) is 0 Å². The van der Waals surface area contributed by atoms with E-state index in [4.69, 9.17) is 8.37 Å². The molecule has 1 aliphatic heterocycles. The van der Waals surface area contributed by atoms with Gasteiger partial charge in [-0.1, -0.05) is 35.2 Å². The fourth-order valence-electron chi connectivity index (χ4n) is 1.25. The minimum absolute atomic E-state index is 0.0600. The van der Waals surface area contributed by atoms with Crippen molar-refractivity contribution in [2.75, 3.05) is 11.9 Å². The Morgan fingerprint density at radius 2 is 2.08 bits per heavy atom. The van der Waals surface area contributed by atoms with Crippen LogP contribution >= 0.6 is 15.9 Å². The highest BCUT2D eigenvalue weighted by Gasteiger charge is 2.22. The Morgan fingerprint density at radius 1 is 1.31 bits per heavy atom. The van der Waals surface area contributed by atoms with Crippen LogP contribution < -0.4 is 0 Å². The molecule has 1 aliphatic rings. The molecule has 1 rings (SSSR count). The van der Waals surface area contributed by atoms with Gasteiger partial charge in [0.2, 0.25) is 0 Å². The first-order valence-electron chi connectivity index (χ1n) is 4.61. The number of hydrogen-bond acceptors (Lipinski definition) is 3. The highest BCUT2D eigenvalue weighted by Crippen LogP contribution is 2.15.